The third kappa shape index (κ3) is 6.86. The van der Waals surface area contributed by atoms with Gasteiger partial charge >= 0.3 is 6.09 Å². The van der Waals surface area contributed by atoms with Crippen LogP contribution in [0.25, 0.3) is 0 Å². The van der Waals surface area contributed by atoms with Crippen molar-refractivity contribution in [2.45, 2.75) is 59.3 Å². The minimum absolute atomic E-state index is 0.0963. The minimum Gasteiger partial charge on any atom is -0.481 e. The highest BCUT2D eigenvalue weighted by molar-refractivity contribution is 5.68. The summed E-state index contributed by atoms with van der Waals surface area (Å²) in [5.41, 5.74) is 1.27. The van der Waals surface area contributed by atoms with Crippen molar-refractivity contribution in [3.05, 3.63) is 23.4 Å². The molecule has 0 bridgehead atoms. The first-order valence-corrected chi connectivity index (χ1v) is 7.77. The number of ether oxygens (including phenoxy) is 2. The number of aliphatic hydroxyl groups is 1. The molecule has 0 radical (unpaired) electrons. The van der Waals surface area contributed by atoms with Gasteiger partial charge in [0.25, 0.3) is 0 Å². The van der Waals surface area contributed by atoms with E-state index in [1.54, 1.807) is 12.3 Å². The molecule has 0 aliphatic heterocycles. The molecule has 0 saturated heterocycles. The number of aromatic nitrogens is 1. The van der Waals surface area contributed by atoms with Crippen molar-refractivity contribution in [2.75, 3.05) is 7.11 Å². The van der Waals surface area contributed by atoms with E-state index in [9.17, 15) is 9.90 Å². The van der Waals surface area contributed by atoms with Gasteiger partial charge in [0, 0.05) is 23.4 Å². The standard InChI is InChI=1S/C17H28N2O4/c1-11(2)14(20)7-12-8-15(22-6)18-9-13(12)10-23-16(21)19-17(3,4)5/h8-9,11,14,20H,7,10H2,1-6H3,(H,19,21). The second kappa shape index (κ2) is 8.15. The predicted molar refractivity (Wildman–Crippen MR) is 88.4 cm³/mol. The fourth-order valence-corrected chi connectivity index (χ4v) is 1.88. The number of hydrogen-bond donors (Lipinski definition) is 2. The molecule has 0 fully saturated rings. The lowest BCUT2D eigenvalue weighted by molar-refractivity contribution is 0.122. The summed E-state index contributed by atoms with van der Waals surface area (Å²) in [5.74, 6) is 0.603. The van der Waals surface area contributed by atoms with E-state index in [0.29, 0.717) is 12.3 Å². The number of nitrogens with one attached hydrogen (secondary N) is 1. The van der Waals surface area contributed by atoms with Gasteiger partial charge in [0.1, 0.15) is 6.61 Å². The molecule has 6 nitrogen and oxygen atoms in total. The maximum atomic E-state index is 11.8. The maximum absolute atomic E-state index is 11.8. The zero-order chi connectivity index (χ0) is 17.6. The van der Waals surface area contributed by atoms with Crippen molar-refractivity contribution in [2.24, 2.45) is 5.92 Å². The molecule has 0 spiro atoms. The molecule has 1 aromatic heterocycles. The van der Waals surface area contributed by atoms with Gasteiger partial charge in [-0.25, -0.2) is 9.78 Å². The molecule has 0 aliphatic rings. The molecule has 0 aliphatic carbocycles. The molecule has 0 aromatic carbocycles. The molecule has 2 N–H and O–H groups in total. The van der Waals surface area contributed by atoms with E-state index in [1.807, 2.05) is 34.6 Å². The van der Waals surface area contributed by atoms with Gasteiger partial charge < -0.3 is 19.9 Å². The van der Waals surface area contributed by atoms with Crippen LogP contribution in [0, 0.1) is 5.92 Å². The van der Waals surface area contributed by atoms with Gasteiger partial charge in [-0.05, 0) is 38.7 Å². The lowest BCUT2D eigenvalue weighted by Crippen LogP contribution is -2.40. The van der Waals surface area contributed by atoms with E-state index in [-0.39, 0.29) is 18.1 Å². The number of aliphatic hydroxyl groups excluding tert-OH is 1. The van der Waals surface area contributed by atoms with Crippen LogP contribution in [0.1, 0.15) is 45.7 Å². The number of rotatable bonds is 6. The Kier molecular flexibility index (Phi) is 6.81. The first kappa shape index (κ1) is 19.2. The van der Waals surface area contributed by atoms with E-state index in [2.05, 4.69) is 10.3 Å². The lowest BCUT2D eigenvalue weighted by Gasteiger charge is -2.21. The summed E-state index contributed by atoms with van der Waals surface area (Å²) in [5, 5.41) is 12.9. The van der Waals surface area contributed by atoms with Crippen LogP contribution in [0.4, 0.5) is 4.79 Å². The largest absolute Gasteiger partial charge is 0.481 e. The van der Waals surface area contributed by atoms with Gasteiger partial charge in [-0.3, -0.25) is 0 Å². The van der Waals surface area contributed by atoms with E-state index in [4.69, 9.17) is 9.47 Å². The molecule has 6 heteroatoms. The number of hydrogen-bond acceptors (Lipinski definition) is 5. The monoisotopic (exact) mass is 324 g/mol. The molecular weight excluding hydrogens is 296 g/mol. The van der Waals surface area contributed by atoms with Crippen molar-refractivity contribution in [1.29, 1.82) is 0 Å². The second-order valence-corrected chi connectivity index (χ2v) is 6.96. The van der Waals surface area contributed by atoms with Gasteiger partial charge in [-0.2, -0.15) is 0 Å². The van der Waals surface area contributed by atoms with Crippen LogP contribution in [0.15, 0.2) is 12.3 Å². The highest BCUT2D eigenvalue weighted by atomic mass is 16.5. The fraction of sp³-hybridized carbons (Fsp3) is 0.647. The third-order valence-electron chi connectivity index (χ3n) is 3.30. The van der Waals surface area contributed by atoms with Crippen molar-refractivity contribution in [3.8, 4) is 5.88 Å². The zero-order valence-corrected chi connectivity index (χ0v) is 14.8. The van der Waals surface area contributed by atoms with Gasteiger partial charge in [0.15, 0.2) is 0 Å². The summed E-state index contributed by atoms with van der Waals surface area (Å²) in [6.45, 7) is 9.65. The molecule has 23 heavy (non-hydrogen) atoms. The topological polar surface area (TPSA) is 80.7 Å². The Labute approximate surface area is 138 Å². The van der Waals surface area contributed by atoms with Gasteiger partial charge in [-0.15, -0.1) is 0 Å². The molecular formula is C17H28N2O4. The van der Waals surface area contributed by atoms with Gasteiger partial charge in [-0.1, -0.05) is 13.8 Å². The lowest BCUT2D eigenvalue weighted by atomic mass is 9.97. The average molecular weight is 324 g/mol. The number of methoxy groups -OCH3 is 1. The van der Waals surface area contributed by atoms with Crippen molar-refractivity contribution < 1.29 is 19.4 Å². The first-order valence-electron chi connectivity index (χ1n) is 7.77. The van der Waals surface area contributed by atoms with E-state index >= 15 is 0 Å². The minimum atomic E-state index is -0.483. The van der Waals surface area contributed by atoms with Crippen LogP contribution < -0.4 is 10.1 Å². The number of pyridine rings is 1. The van der Waals surface area contributed by atoms with Gasteiger partial charge in [0.2, 0.25) is 5.88 Å². The summed E-state index contributed by atoms with van der Waals surface area (Å²) >= 11 is 0. The predicted octanol–water partition coefficient (Wildman–Crippen LogP) is 2.67. The van der Waals surface area contributed by atoms with E-state index in [0.717, 1.165) is 11.1 Å². The Morgan fingerprint density at radius 1 is 1.35 bits per heavy atom. The van der Waals surface area contributed by atoms with Crippen molar-refractivity contribution in [1.82, 2.24) is 10.3 Å². The van der Waals surface area contributed by atoms with E-state index < -0.39 is 12.2 Å². The van der Waals surface area contributed by atoms with Crippen LogP contribution in [0.5, 0.6) is 5.88 Å². The van der Waals surface area contributed by atoms with Crippen LogP contribution in [0.3, 0.4) is 0 Å². The Morgan fingerprint density at radius 3 is 2.52 bits per heavy atom. The average Bonchev–Trinajstić information content (AvgIpc) is 2.43. The Morgan fingerprint density at radius 2 is 2.00 bits per heavy atom. The van der Waals surface area contributed by atoms with E-state index in [1.165, 1.54) is 7.11 Å². The number of nitrogens with zero attached hydrogens (tertiary/aromatic N) is 1. The third-order valence-corrected chi connectivity index (χ3v) is 3.30. The molecule has 1 atom stereocenters. The molecule has 1 unspecified atom stereocenters. The summed E-state index contributed by atoms with van der Waals surface area (Å²) in [4.78, 5) is 15.9. The maximum Gasteiger partial charge on any atom is 0.407 e. The zero-order valence-electron chi connectivity index (χ0n) is 14.8. The Bertz CT molecular complexity index is 524. The van der Waals surface area contributed by atoms with Crippen molar-refractivity contribution >= 4 is 6.09 Å². The summed E-state index contributed by atoms with van der Waals surface area (Å²) in [7, 11) is 1.54. The first-order chi connectivity index (χ1) is 10.6. The summed E-state index contributed by atoms with van der Waals surface area (Å²) in [6, 6.07) is 1.77. The fourth-order valence-electron chi connectivity index (χ4n) is 1.88. The number of alkyl carbamates (subject to hydrolysis) is 1. The van der Waals surface area contributed by atoms with Crippen LogP contribution >= 0.6 is 0 Å². The van der Waals surface area contributed by atoms with Crippen LogP contribution in [0.2, 0.25) is 0 Å². The molecule has 0 saturated carbocycles. The van der Waals surface area contributed by atoms with Crippen LogP contribution in [-0.2, 0) is 17.8 Å². The SMILES string of the molecule is COc1cc(CC(O)C(C)C)c(COC(=O)NC(C)(C)C)cn1. The molecule has 1 heterocycles. The quantitative estimate of drug-likeness (QED) is 0.841. The molecule has 1 aromatic rings. The Balaban J connectivity index is 2.82. The number of carbonyl (C=O) groups is 1. The van der Waals surface area contributed by atoms with Gasteiger partial charge in [0.05, 0.1) is 13.2 Å². The van der Waals surface area contributed by atoms with Crippen molar-refractivity contribution in [3.63, 3.8) is 0 Å². The smallest absolute Gasteiger partial charge is 0.407 e. The summed E-state index contributed by atoms with van der Waals surface area (Å²) in [6.07, 6.45) is 1.11. The summed E-state index contributed by atoms with van der Waals surface area (Å²) < 4.78 is 10.4. The number of amides is 1. The second-order valence-electron chi connectivity index (χ2n) is 6.96. The molecule has 1 amide bonds. The highest BCUT2D eigenvalue weighted by Crippen LogP contribution is 2.19. The highest BCUT2D eigenvalue weighted by Gasteiger charge is 2.17. The normalized spacial score (nSPS) is 12.9. The molecule has 130 valence electrons. The Hall–Kier alpha value is -1.82. The molecule has 1 rings (SSSR count). The van der Waals surface area contributed by atoms with Crippen LogP contribution in [-0.4, -0.2) is 34.9 Å². The number of carbonyl (C=O) groups excluding carboxylic acids is 1.